The number of hydrazine groups is 1. The Kier molecular flexibility index (Phi) is 5.87. The Morgan fingerprint density at radius 1 is 1.14 bits per heavy atom. The van der Waals surface area contributed by atoms with Crippen LogP contribution in [0.4, 0.5) is 0 Å². The summed E-state index contributed by atoms with van der Waals surface area (Å²) in [5, 5.41) is 4.82. The average Bonchev–Trinajstić information content (AvgIpc) is 2.68. The number of nitrogens with one attached hydrogen (secondary N) is 2. The van der Waals surface area contributed by atoms with E-state index in [9.17, 15) is 18.0 Å². The van der Waals surface area contributed by atoms with Crippen molar-refractivity contribution in [2.75, 3.05) is 0 Å². The molecule has 10 heteroatoms. The van der Waals surface area contributed by atoms with E-state index in [4.69, 9.17) is 0 Å². The number of hydrogen-bond donors (Lipinski definition) is 2. The van der Waals surface area contributed by atoms with Gasteiger partial charge < -0.3 is 0 Å². The van der Waals surface area contributed by atoms with Crippen LogP contribution in [0.25, 0.3) is 10.8 Å². The topological polar surface area (TPSA) is 110 Å². The van der Waals surface area contributed by atoms with Crippen molar-refractivity contribution in [3.05, 3.63) is 68.5 Å². The number of rotatable bonds is 5. The first-order valence-electron chi connectivity index (χ1n) is 8.71. The normalized spacial score (nSPS) is 11.8. The van der Waals surface area contributed by atoms with E-state index in [-0.39, 0.29) is 22.2 Å². The summed E-state index contributed by atoms with van der Waals surface area (Å²) in [5.41, 5.74) is 2.54. The first-order chi connectivity index (χ1) is 13.6. The highest BCUT2D eigenvalue weighted by Crippen LogP contribution is 2.20. The molecule has 0 aliphatic carbocycles. The number of hydrogen-bond acceptors (Lipinski definition) is 5. The first kappa shape index (κ1) is 21.2. The Morgan fingerprint density at radius 2 is 1.79 bits per heavy atom. The smallest absolute Gasteiger partial charge is 0.272 e. The lowest BCUT2D eigenvalue weighted by molar-refractivity contribution is 0.0939. The summed E-state index contributed by atoms with van der Waals surface area (Å²) in [7, 11) is -3.99. The molecule has 0 unspecified atom stereocenters. The fraction of sp³-hybridized carbons (Fsp3) is 0.211. The Morgan fingerprint density at radius 3 is 2.41 bits per heavy atom. The molecule has 2 aromatic carbocycles. The summed E-state index contributed by atoms with van der Waals surface area (Å²) in [6.45, 7) is 5.29. The summed E-state index contributed by atoms with van der Waals surface area (Å²) in [6, 6.07) is 10.8. The van der Waals surface area contributed by atoms with Crippen molar-refractivity contribution in [1.82, 2.24) is 20.0 Å². The van der Waals surface area contributed by atoms with E-state index >= 15 is 0 Å². The molecule has 0 bridgehead atoms. The van der Waals surface area contributed by atoms with E-state index in [2.05, 4.69) is 31.3 Å². The van der Waals surface area contributed by atoms with Crippen molar-refractivity contribution in [1.29, 1.82) is 0 Å². The number of benzene rings is 2. The molecule has 0 atom stereocenters. The number of sulfonamides is 1. The minimum atomic E-state index is -3.99. The number of amides is 1. The summed E-state index contributed by atoms with van der Waals surface area (Å²) in [5.74, 6) is -0.770. The van der Waals surface area contributed by atoms with Gasteiger partial charge in [0.15, 0.2) is 5.69 Å². The molecule has 8 nitrogen and oxygen atoms in total. The van der Waals surface area contributed by atoms with Crippen LogP contribution in [0.2, 0.25) is 0 Å². The second-order valence-corrected chi connectivity index (χ2v) is 9.25. The first-order valence-corrected chi connectivity index (χ1v) is 11.0. The van der Waals surface area contributed by atoms with Gasteiger partial charge in [0.05, 0.1) is 16.3 Å². The van der Waals surface area contributed by atoms with Gasteiger partial charge in [0.25, 0.3) is 21.5 Å². The number of carbonyl (C=O) groups is 1. The Balaban J connectivity index is 1.95. The second kappa shape index (κ2) is 8.05. The molecule has 0 aliphatic rings. The molecule has 1 aromatic heterocycles. The summed E-state index contributed by atoms with van der Waals surface area (Å²) < 4.78 is 27.0. The quantitative estimate of drug-likeness (QED) is 0.547. The lowest BCUT2D eigenvalue weighted by Gasteiger charge is -2.14. The molecule has 0 aliphatic heterocycles. The maximum absolute atomic E-state index is 12.7. The summed E-state index contributed by atoms with van der Waals surface area (Å²) in [6.07, 6.45) is 0. The summed E-state index contributed by atoms with van der Waals surface area (Å²) in [4.78, 5) is 27.4. The highest BCUT2D eigenvalue weighted by molar-refractivity contribution is 9.10. The van der Waals surface area contributed by atoms with Crippen LogP contribution in [-0.4, -0.2) is 24.1 Å². The van der Waals surface area contributed by atoms with Gasteiger partial charge in [-0.05, 0) is 50.6 Å². The zero-order valence-corrected chi connectivity index (χ0v) is 18.3. The van der Waals surface area contributed by atoms with Crippen LogP contribution < -0.4 is 15.8 Å². The maximum Gasteiger partial charge on any atom is 0.287 e. The molecule has 152 valence electrons. The number of nitrogens with zero attached hydrogens (tertiary/aromatic N) is 2. The highest BCUT2D eigenvalue weighted by atomic mass is 79.9. The van der Waals surface area contributed by atoms with Crippen LogP contribution in [0.1, 0.15) is 35.9 Å². The molecule has 3 rings (SSSR count). The monoisotopic (exact) mass is 478 g/mol. The van der Waals surface area contributed by atoms with Crippen LogP contribution in [0.3, 0.4) is 0 Å². The number of aromatic nitrogens is 2. The lowest BCUT2D eigenvalue weighted by atomic mass is 10.1. The average molecular weight is 479 g/mol. The molecule has 2 N–H and O–H groups in total. The molecule has 29 heavy (non-hydrogen) atoms. The van der Waals surface area contributed by atoms with Gasteiger partial charge in [-0.1, -0.05) is 34.1 Å². The van der Waals surface area contributed by atoms with E-state index in [1.165, 1.54) is 16.8 Å². The number of halogens is 1. The molecule has 0 spiro atoms. The number of aryl methyl sites for hydroxylation is 1. The lowest BCUT2D eigenvalue weighted by Crippen LogP contribution is -2.42. The molecule has 1 amide bonds. The number of carbonyl (C=O) groups excluding carboxylic acids is 1. The van der Waals surface area contributed by atoms with Gasteiger partial charge in [-0.2, -0.15) is 5.10 Å². The molecular weight excluding hydrogens is 460 g/mol. The molecule has 0 radical (unpaired) electrons. The second-order valence-electron chi connectivity index (χ2n) is 6.71. The van der Waals surface area contributed by atoms with Gasteiger partial charge in [0.1, 0.15) is 0 Å². The van der Waals surface area contributed by atoms with E-state index in [1.807, 2.05) is 0 Å². The third kappa shape index (κ3) is 4.24. The Hall–Kier alpha value is -2.56. The van der Waals surface area contributed by atoms with Gasteiger partial charge in [0, 0.05) is 9.86 Å². The maximum atomic E-state index is 12.7. The fourth-order valence-electron chi connectivity index (χ4n) is 2.74. The van der Waals surface area contributed by atoms with Gasteiger partial charge >= 0.3 is 0 Å². The van der Waals surface area contributed by atoms with Crippen molar-refractivity contribution >= 4 is 42.6 Å². The molecule has 0 saturated heterocycles. The summed E-state index contributed by atoms with van der Waals surface area (Å²) >= 11 is 3.31. The van der Waals surface area contributed by atoms with Crippen LogP contribution in [-0.2, 0) is 10.0 Å². The minimum Gasteiger partial charge on any atom is -0.272 e. The SMILES string of the molecule is Cc1cc(S(=O)(=O)NNC(=O)c2nn(C(C)C)c(=O)c3ccccc23)ccc1Br. The van der Waals surface area contributed by atoms with Crippen LogP contribution in [0, 0.1) is 6.92 Å². The molecule has 1 heterocycles. The van der Waals surface area contributed by atoms with Crippen LogP contribution in [0.15, 0.2) is 56.6 Å². The third-order valence-electron chi connectivity index (χ3n) is 4.27. The largest absolute Gasteiger partial charge is 0.287 e. The standard InChI is InChI=1S/C19H19BrN4O4S/c1-11(2)24-19(26)15-7-5-4-6-14(15)17(22-24)18(25)21-23-29(27,28)13-8-9-16(20)12(3)10-13/h4-11,23H,1-3H3,(H,21,25). The van der Waals surface area contributed by atoms with Crippen molar-refractivity contribution in [2.45, 2.75) is 31.7 Å². The van der Waals surface area contributed by atoms with Crippen molar-refractivity contribution in [2.24, 2.45) is 0 Å². The zero-order valence-electron chi connectivity index (χ0n) is 15.9. The zero-order chi connectivity index (χ0) is 21.3. The van der Waals surface area contributed by atoms with E-state index in [0.29, 0.717) is 10.8 Å². The van der Waals surface area contributed by atoms with Gasteiger partial charge in [0.2, 0.25) is 0 Å². The molecule has 3 aromatic rings. The Labute approximate surface area is 176 Å². The molecular formula is C19H19BrN4O4S. The predicted molar refractivity (Wildman–Crippen MR) is 113 cm³/mol. The fourth-order valence-corrected chi connectivity index (χ4v) is 3.91. The van der Waals surface area contributed by atoms with Crippen LogP contribution in [0.5, 0.6) is 0 Å². The van der Waals surface area contributed by atoms with Crippen LogP contribution >= 0.6 is 15.9 Å². The molecule has 0 fully saturated rings. The van der Waals surface area contributed by atoms with Crippen molar-refractivity contribution in [3.8, 4) is 0 Å². The van der Waals surface area contributed by atoms with Crippen molar-refractivity contribution in [3.63, 3.8) is 0 Å². The third-order valence-corrected chi connectivity index (χ3v) is 6.41. The van der Waals surface area contributed by atoms with Gasteiger partial charge in [-0.25, -0.2) is 13.1 Å². The molecule has 0 saturated carbocycles. The minimum absolute atomic E-state index is 0.00321. The van der Waals surface area contributed by atoms with E-state index in [0.717, 1.165) is 10.0 Å². The van der Waals surface area contributed by atoms with Gasteiger partial charge in [-0.15, -0.1) is 4.83 Å². The Bertz CT molecular complexity index is 1270. The van der Waals surface area contributed by atoms with Gasteiger partial charge in [-0.3, -0.25) is 15.0 Å². The van der Waals surface area contributed by atoms with E-state index < -0.39 is 15.9 Å². The van der Waals surface area contributed by atoms with E-state index in [1.54, 1.807) is 51.1 Å². The predicted octanol–water partition coefficient (Wildman–Crippen LogP) is 2.67. The highest BCUT2D eigenvalue weighted by Gasteiger charge is 2.21. The van der Waals surface area contributed by atoms with Crippen molar-refractivity contribution < 1.29 is 13.2 Å². The number of fused-ring (bicyclic) bond motifs is 1.